The molecule has 1 aliphatic rings. The van der Waals surface area contributed by atoms with Gasteiger partial charge >= 0.3 is 0 Å². The van der Waals surface area contributed by atoms with Gasteiger partial charge in [-0.2, -0.15) is 11.8 Å². The van der Waals surface area contributed by atoms with Crippen LogP contribution in [0.4, 0.5) is 0 Å². The molecule has 0 N–H and O–H groups in total. The van der Waals surface area contributed by atoms with E-state index in [4.69, 9.17) is 4.74 Å². The third-order valence-electron chi connectivity index (χ3n) is 6.25. The van der Waals surface area contributed by atoms with Crippen molar-refractivity contribution in [1.29, 1.82) is 0 Å². The zero-order chi connectivity index (χ0) is 21.5. The predicted molar refractivity (Wildman–Crippen MR) is 134 cm³/mol. The van der Waals surface area contributed by atoms with Crippen molar-refractivity contribution in [3.05, 3.63) is 6.42 Å². The third-order valence-corrected chi connectivity index (χ3v) is 7.63. The molecule has 2 nitrogen and oxygen atoms in total. The molecule has 1 aliphatic carbocycles. The molecular weight excluding hydrogens is 388 g/mol. The Kier molecular flexibility index (Phi) is 20.7. The Balaban J connectivity index is 1.70. The lowest BCUT2D eigenvalue weighted by Gasteiger charge is -2.21. The van der Waals surface area contributed by atoms with Crippen LogP contribution in [0.1, 0.15) is 135 Å². The molecule has 1 rings (SSSR count). The van der Waals surface area contributed by atoms with E-state index in [0.717, 1.165) is 25.2 Å². The van der Waals surface area contributed by atoms with E-state index in [1.54, 1.807) is 11.8 Å². The Bertz CT molecular complexity index is 355. The SMILES string of the molecule is CCCSC([C]=O)CCCCCCCCCCCCCCCCOC1CC[CH]CC1. The van der Waals surface area contributed by atoms with Gasteiger partial charge in [-0.25, -0.2) is 0 Å². The molecule has 0 heterocycles. The van der Waals surface area contributed by atoms with E-state index < -0.39 is 0 Å². The van der Waals surface area contributed by atoms with Crippen LogP contribution in [0.25, 0.3) is 0 Å². The molecule has 0 saturated heterocycles. The van der Waals surface area contributed by atoms with E-state index in [0.29, 0.717) is 6.10 Å². The Morgan fingerprint density at radius 3 is 1.83 bits per heavy atom. The van der Waals surface area contributed by atoms with Gasteiger partial charge in [0.05, 0.1) is 11.4 Å². The second kappa shape index (κ2) is 22.2. The maximum atomic E-state index is 10.9. The fourth-order valence-electron chi connectivity index (χ4n) is 4.30. The van der Waals surface area contributed by atoms with Crippen molar-refractivity contribution < 1.29 is 9.53 Å². The van der Waals surface area contributed by atoms with E-state index in [1.165, 1.54) is 116 Å². The van der Waals surface area contributed by atoms with Crippen LogP contribution >= 0.6 is 11.8 Å². The van der Waals surface area contributed by atoms with Crippen molar-refractivity contribution in [2.45, 2.75) is 147 Å². The number of thioether (sulfide) groups is 1. The van der Waals surface area contributed by atoms with Crippen LogP contribution in [0, 0.1) is 6.42 Å². The molecule has 1 saturated carbocycles. The summed E-state index contributed by atoms with van der Waals surface area (Å²) >= 11 is 1.78. The predicted octanol–water partition coefficient (Wildman–Crippen LogP) is 8.62. The quantitative estimate of drug-likeness (QED) is 0.158. The van der Waals surface area contributed by atoms with E-state index in [9.17, 15) is 4.79 Å². The standard InChI is InChI=1S/C27H50O2S/c1-2-24-30-27(25-28)22-18-13-11-9-7-5-3-4-6-8-10-12-14-19-23-29-26-20-16-15-17-21-26/h15,26-27H,2-14,16-24H2,1H3. The first-order valence-corrected chi connectivity index (χ1v) is 14.3. The van der Waals surface area contributed by atoms with Crippen LogP contribution in [-0.4, -0.2) is 30.0 Å². The van der Waals surface area contributed by atoms with Crippen LogP contribution in [0.3, 0.4) is 0 Å². The molecule has 0 spiro atoms. The number of hydrogen-bond donors (Lipinski definition) is 0. The van der Waals surface area contributed by atoms with Gasteiger partial charge in [-0.3, -0.25) is 4.79 Å². The summed E-state index contributed by atoms with van der Waals surface area (Å²) in [5, 5.41) is 0.124. The van der Waals surface area contributed by atoms with Gasteiger partial charge in [0.2, 0.25) is 6.29 Å². The first kappa shape index (κ1) is 28.0. The van der Waals surface area contributed by atoms with Crippen molar-refractivity contribution in [3.63, 3.8) is 0 Å². The summed E-state index contributed by atoms with van der Waals surface area (Å²) in [6.07, 6.45) is 31.5. The Hall–Kier alpha value is -0.0200. The largest absolute Gasteiger partial charge is 0.378 e. The lowest BCUT2D eigenvalue weighted by atomic mass is 9.98. The van der Waals surface area contributed by atoms with Gasteiger partial charge < -0.3 is 4.74 Å². The summed E-state index contributed by atoms with van der Waals surface area (Å²) in [5.41, 5.74) is 0. The lowest BCUT2D eigenvalue weighted by Crippen LogP contribution is -2.17. The van der Waals surface area contributed by atoms with Crippen LogP contribution in [0.5, 0.6) is 0 Å². The first-order chi connectivity index (χ1) is 14.9. The van der Waals surface area contributed by atoms with Gasteiger partial charge in [0.1, 0.15) is 0 Å². The van der Waals surface area contributed by atoms with Gasteiger partial charge in [0.25, 0.3) is 0 Å². The molecule has 0 aliphatic heterocycles. The molecule has 176 valence electrons. The normalized spacial score (nSPS) is 16.0. The zero-order valence-corrected chi connectivity index (χ0v) is 20.8. The average molecular weight is 439 g/mol. The topological polar surface area (TPSA) is 26.3 Å². The summed E-state index contributed by atoms with van der Waals surface area (Å²) in [6, 6.07) is 0. The second-order valence-corrected chi connectivity index (χ2v) is 10.5. The molecule has 0 bridgehead atoms. The van der Waals surface area contributed by atoms with Gasteiger partial charge in [0, 0.05) is 6.61 Å². The maximum Gasteiger partial charge on any atom is 0.212 e. The third kappa shape index (κ3) is 17.6. The van der Waals surface area contributed by atoms with Gasteiger partial charge in [-0.15, -0.1) is 0 Å². The highest BCUT2D eigenvalue weighted by atomic mass is 32.2. The molecule has 2 radical (unpaired) electrons. The molecule has 0 amide bonds. The van der Waals surface area contributed by atoms with Crippen LogP contribution in [-0.2, 0) is 9.53 Å². The van der Waals surface area contributed by atoms with Crippen molar-refractivity contribution in [2.24, 2.45) is 0 Å². The van der Waals surface area contributed by atoms with Gasteiger partial charge in [0.15, 0.2) is 0 Å². The summed E-state index contributed by atoms with van der Waals surface area (Å²) in [7, 11) is 0. The van der Waals surface area contributed by atoms with Crippen molar-refractivity contribution >= 4 is 18.0 Å². The zero-order valence-electron chi connectivity index (χ0n) is 20.0. The molecule has 0 aromatic carbocycles. The van der Waals surface area contributed by atoms with E-state index in [1.807, 2.05) is 0 Å². The number of hydrogen-bond acceptors (Lipinski definition) is 3. The summed E-state index contributed by atoms with van der Waals surface area (Å²) in [5.74, 6) is 1.09. The van der Waals surface area contributed by atoms with E-state index in [2.05, 4.69) is 19.6 Å². The molecule has 1 unspecified atom stereocenters. The lowest BCUT2D eigenvalue weighted by molar-refractivity contribution is 0.0326. The minimum absolute atomic E-state index is 0.124. The molecule has 1 atom stereocenters. The highest BCUT2D eigenvalue weighted by Gasteiger charge is 2.13. The van der Waals surface area contributed by atoms with Crippen molar-refractivity contribution in [1.82, 2.24) is 0 Å². The second-order valence-electron chi connectivity index (χ2n) is 9.15. The fourth-order valence-corrected chi connectivity index (χ4v) is 5.22. The minimum Gasteiger partial charge on any atom is -0.378 e. The van der Waals surface area contributed by atoms with Gasteiger partial charge in [-0.05, 0) is 57.1 Å². The molecule has 0 aromatic heterocycles. The van der Waals surface area contributed by atoms with Crippen LogP contribution in [0.2, 0.25) is 0 Å². The Morgan fingerprint density at radius 1 is 0.833 bits per heavy atom. The summed E-state index contributed by atoms with van der Waals surface area (Å²) in [6.45, 7) is 3.16. The first-order valence-electron chi connectivity index (χ1n) is 13.3. The molecule has 0 aromatic rings. The number of ether oxygens (including phenoxy) is 1. The number of unbranched alkanes of at least 4 members (excludes halogenated alkanes) is 13. The Morgan fingerprint density at radius 2 is 1.33 bits per heavy atom. The summed E-state index contributed by atoms with van der Waals surface area (Å²) in [4.78, 5) is 10.9. The molecule has 30 heavy (non-hydrogen) atoms. The van der Waals surface area contributed by atoms with Crippen LogP contribution < -0.4 is 0 Å². The number of rotatable bonds is 22. The molecule has 1 fully saturated rings. The van der Waals surface area contributed by atoms with E-state index in [-0.39, 0.29) is 5.25 Å². The maximum absolute atomic E-state index is 10.9. The molecular formula is C27H50O2S. The average Bonchev–Trinajstić information content (AvgIpc) is 2.78. The highest BCUT2D eigenvalue weighted by molar-refractivity contribution is 8.00. The van der Waals surface area contributed by atoms with Crippen molar-refractivity contribution in [3.8, 4) is 0 Å². The number of carbonyl (C=O) groups excluding carboxylic acids is 1. The van der Waals surface area contributed by atoms with E-state index >= 15 is 0 Å². The highest BCUT2D eigenvalue weighted by Crippen LogP contribution is 2.20. The van der Waals surface area contributed by atoms with Gasteiger partial charge in [-0.1, -0.05) is 90.4 Å². The monoisotopic (exact) mass is 438 g/mol. The van der Waals surface area contributed by atoms with Crippen LogP contribution in [0.15, 0.2) is 0 Å². The Labute approximate surface area is 193 Å². The summed E-state index contributed by atoms with van der Waals surface area (Å²) < 4.78 is 5.99. The smallest absolute Gasteiger partial charge is 0.212 e. The molecule has 3 heteroatoms. The fraction of sp³-hybridized carbons (Fsp3) is 0.926. The minimum atomic E-state index is 0.124. The van der Waals surface area contributed by atoms with Crippen molar-refractivity contribution in [2.75, 3.05) is 12.4 Å².